The molecule has 0 spiro atoms. The van der Waals surface area contributed by atoms with Crippen LogP contribution in [0.25, 0.3) is 11.3 Å². The van der Waals surface area contributed by atoms with E-state index >= 15 is 0 Å². The predicted molar refractivity (Wildman–Crippen MR) is 84.6 cm³/mol. The van der Waals surface area contributed by atoms with Crippen LogP contribution in [0.3, 0.4) is 0 Å². The lowest BCUT2D eigenvalue weighted by Crippen LogP contribution is -2.08. The van der Waals surface area contributed by atoms with Crippen molar-refractivity contribution in [3.63, 3.8) is 0 Å². The van der Waals surface area contributed by atoms with Gasteiger partial charge in [-0.25, -0.2) is 4.68 Å². The van der Waals surface area contributed by atoms with E-state index in [1.54, 1.807) is 4.68 Å². The fourth-order valence-corrected chi connectivity index (χ4v) is 2.23. The third-order valence-electron chi connectivity index (χ3n) is 3.18. The average molecular weight is 318 g/mol. The molecule has 114 valence electrons. The van der Waals surface area contributed by atoms with E-state index in [0.29, 0.717) is 17.5 Å². The van der Waals surface area contributed by atoms with Gasteiger partial charge in [-0.15, -0.1) is 0 Å². The summed E-state index contributed by atoms with van der Waals surface area (Å²) in [5.41, 5.74) is 0.992. The SMILES string of the molecule is CCCn1nnnc1NCc1ccc(-c2ccc(Cl)cc2)o1. The second-order valence-electron chi connectivity index (χ2n) is 4.85. The van der Waals surface area contributed by atoms with E-state index in [4.69, 9.17) is 16.0 Å². The van der Waals surface area contributed by atoms with Crippen molar-refractivity contribution in [3.8, 4) is 11.3 Å². The summed E-state index contributed by atoms with van der Waals surface area (Å²) in [5, 5.41) is 15.4. The van der Waals surface area contributed by atoms with Crippen molar-refractivity contribution < 1.29 is 4.42 Å². The Kier molecular flexibility index (Phi) is 4.39. The molecule has 22 heavy (non-hydrogen) atoms. The molecule has 2 heterocycles. The van der Waals surface area contributed by atoms with E-state index < -0.39 is 0 Å². The summed E-state index contributed by atoms with van der Waals surface area (Å²) >= 11 is 5.89. The molecular formula is C15H16ClN5O. The normalized spacial score (nSPS) is 10.8. The number of nitrogens with zero attached hydrogens (tertiary/aromatic N) is 4. The van der Waals surface area contributed by atoms with Crippen molar-refractivity contribution in [2.75, 3.05) is 5.32 Å². The zero-order valence-electron chi connectivity index (χ0n) is 12.2. The number of benzene rings is 1. The number of hydrogen-bond donors (Lipinski definition) is 1. The van der Waals surface area contributed by atoms with Crippen molar-refractivity contribution in [3.05, 3.63) is 47.2 Å². The largest absolute Gasteiger partial charge is 0.459 e. The smallest absolute Gasteiger partial charge is 0.243 e. The first-order chi connectivity index (χ1) is 10.8. The standard InChI is InChI=1S/C15H16ClN5O/c1-2-9-21-15(18-19-20-21)17-10-13-7-8-14(22-13)11-3-5-12(16)6-4-11/h3-8H,2,9-10H2,1H3,(H,17,18,20). The lowest BCUT2D eigenvalue weighted by Gasteiger charge is -2.04. The second-order valence-corrected chi connectivity index (χ2v) is 5.29. The number of hydrogen-bond acceptors (Lipinski definition) is 5. The lowest BCUT2D eigenvalue weighted by molar-refractivity contribution is 0.528. The molecule has 3 rings (SSSR count). The summed E-state index contributed by atoms with van der Waals surface area (Å²) < 4.78 is 7.56. The van der Waals surface area contributed by atoms with E-state index in [1.807, 2.05) is 36.4 Å². The molecule has 0 fully saturated rings. The van der Waals surface area contributed by atoms with Gasteiger partial charge in [-0.3, -0.25) is 0 Å². The van der Waals surface area contributed by atoms with Crippen LogP contribution in [-0.4, -0.2) is 20.2 Å². The minimum atomic E-state index is 0.525. The van der Waals surface area contributed by atoms with Crippen LogP contribution in [0.2, 0.25) is 5.02 Å². The lowest BCUT2D eigenvalue weighted by atomic mass is 10.2. The van der Waals surface area contributed by atoms with Gasteiger partial charge in [-0.1, -0.05) is 23.6 Å². The number of tetrazole rings is 1. The Bertz CT molecular complexity index is 734. The van der Waals surface area contributed by atoms with Crippen molar-refractivity contribution in [2.24, 2.45) is 0 Å². The van der Waals surface area contributed by atoms with Gasteiger partial charge in [0.25, 0.3) is 0 Å². The van der Waals surface area contributed by atoms with Gasteiger partial charge in [0.15, 0.2) is 0 Å². The predicted octanol–water partition coefficient (Wildman–Crippen LogP) is 3.61. The number of furan rings is 1. The van der Waals surface area contributed by atoms with Gasteiger partial charge >= 0.3 is 0 Å². The molecule has 0 aliphatic carbocycles. The summed E-state index contributed by atoms with van der Waals surface area (Å²) in [5.74, 6) is 2.27. The van der Waals surface area contributed by atoms with Crippen LogP contribution in [0.15, 0.2) is 40.8 Å². The summed E-state index contributed by atoms with van der Waals surface area (Å²) in [6, 6.07) is 11.4. The van der Waals surface area contributed by atoms with Gasteiger partial charge < -0.3 is 9.73 Å². The molecule has 3 aromatic rings. The minimum Gasteiger partial charge on any atom is -0.459 e. The first-order valence-electron chi connectivity index (χ1n) is 7.11. The van der Waals surface area contributed by atoms with Crippen molar-refractivity contribution in [1.29, 1.82) is 0 Å². The van der Waals surface area contributed by atoms with E-state index in [-0.39, 0.29) is 0 Å². The summed E-state index contributed by atoms with van der Waals surface area (Å²) in [6.07, 6.45) is 0.973. The fraction of sp³-hybridized carbons (Fsp3) is 0.267. The highest BCUT2D eigenvalue weighted by molar-refractivity contribution is 6.30. The Morgan fingerprint density at radius 1 is 1.18 bits per heavy atom. The summed E-state index contributed by atoms with van der Waals surface area (Å²) in [4.78, 5) is 0. The van der Waals surface area contributed by atoms with Crippen LogP contribution in [0.4, 0.5) is 5.95 Å². The van der Waals surface area contributed by atoms with Gasteiger partial charge in [0.05, 0.1) is 6.54 Å². The fourth-order valence-electron chi connectivity index (χ4n) is 2.10. The number of rotatable bonds is 6. The summed E-state index contributed by atoms with van der Waals surface area (Å²) in [7, 11) is 0. The molecule has 7 heteroatoms. The second kappa shape index (κ2) is 6.62. The Labute approximate surface area is 133 Å². The van der Waals surface area contributed by atoms with Crippen LogP contribution in [0.5, 0.6) is 0 Å². The molecular weight excluding hydrogens is 302 g/mol. The number of aryl methyl sites for hydroxylation is 1. The van der Waals surface area contributed by atoms with E-state index in [0.717, 1.165) is 30.0 Å². The van der Waals surface area contributed by atoms with Crippen molar-refractivity contribution in [2.45, 2.75) is 26.4 Å². The topological polar surface area (TPSA) is 68.8 Å². The Balaban J connectivity index is 1.67. The Morgan fingerprint density at radius 3 is 2.77 bits per heavy atom. The number of nitrogens with one attached hydrogen (secondary N) is 1. The third kappa shape index (κ3) is 3.28. The van der Waals surface area contributed by atoms with E-state index in [9.17, 15) is 0 Å². The van der Waals surface area contributed by atoms with Crippen LogP contribution in [0.1, 0.15) is 19.1 Å². The zero-order chi connectivity index (χ0) is 15.4. The molecule has 1 aromatic carbocycles. The van der Waals surface area contributed by atoms with Gasteiger partial charge in [0.2, 0.25) is 5.95 Å². The van der Waals surface area contributed by atoms with Gasteiger partial charge in [0, 0.05) is 17.1 Å². The molecule has 0 radical (unpaired) electrons. The molecule has 2 aromatic heterocycles. The third-order valence-corrected chi connectivity index (χ3v) is 3.43. The Morgan fingerprint density at radius 2 is 2.00 bits per heavy atom. The van der Waals surface area contributed by atoms with E-state index in [2.05, 4.69) is 27.8 Å². The molecule has 0 saturated heterocycles. The van der Waals surface area contributed by atoms with Crippen LogP contribution in [-0.2, 0) is 13.1 Å². The van der Waals surface area contributed by atoms with Gasteiger partial charge in [-0.05, 0) is 53.2 Å². The highest BCUT2D eigenvalue weighted by Crippen LogP contribution is 2.24. The Hall–Kier alpha value is -2.34. The van der Waals surface area contributed by atoms with Gasteiger partial charge in [-0.2, -0.15) is 0 Å². The average Bonchev–Trinajstić information content (AvgIpc) is 3.16. The molecule has 6 nitrogen and oxygen atoms in total. The number of halogens is 1. The maximum absolute atomic E-state index is 5.89. The van der Waals surface area contributed by atoms with E-state index in [1.165, 1.54) is 0 Å². The molecule has 0 aliphatic heterocycles. The highest BCUT2D eigenvalue weighted by Gasteiger charge is 2.08. The van der Waals surface area contributed by atoms with Crippen molar-refractivity contribution in [1.82, 2.24) is 20.2 Å². The van der Waals surface area contributed by atoms with Gasteiger partial charge in [0.1, 0.15) is 11.5 Å². The summed E-state index contributed by atoms with van der Waals surface area (Å²) in [6.45, 7) is 3.39. The molecule has 0 amide bonds. The quantitative estimate of drug-likeness (QED) is 0.752. The maximum Gasteiger partial charge on any atom is 0.243 e. The first-order valence-corrected chi connectivity index (χ1v) is 7.48. The van der Waals surface area contributed by atoms with Crippen LogP contribution < -0.4 is 5.32 Å². The molecule has 0 unspecified atom stereocenters. The number of anilines is 1. The number of aromatic nitrogens is 4. The maximum atomic E-state index is 5.89. The molecule has 1 N–H and O–H groups in total. The zero-order valence-corrected chi connectivity index (χ0v) is 12.9. The first kappa shape index (κ1) is 14.6. The molecule has 0 saturated carbocycles. The van der Waals surface area contributed by atoms with Crippen LogP contribution >= 0.6 is 11.6 Å². The molecule has 0 aliphatic rings. The highest BCUT2D eigenvalue weighted by atomic mass is 35.5. The van der Waals surface area contributed by atoms with Crippen molar-refractivity contribution >= 4 is 17.5 Å². The monoisotopic (exact) mass is 317 g/mol. The van der Waals surface area contributed by atoms with Crippen LogP contribution in [0, 0.1) is 0 Å². The molecule has 0 bridgehead atoms. The molecule has 0 atom stereocenters. The minimum absolute atomic E-state index is 0.525.